The van der Waals surface area contributed by atoms with E-state index in [9.17, 15) is 4.79 Å². The van der Waals surface area contributed by atoms with Crippen LogP contribution in [0, 0.1) is 20.8 Å². The molecule has 0 radical (unpaired) electrons. The second-order valence-corrected chi connectivity index (χ2v) is 9.37. The maximum Gasteiger partial charge on any atom is 0.231 e. The van der Waals surface area contributed by atoms with E-state index < -0.39 is 0 Å². The van der Waals surface area contributed by atoms with Crippen molar-refractivity contribution in [3.05, 3.63) is 87.6 Å². The molecule has 0 aliphatic rings. The van der Waals surface area contributed by atoms with Gasteiger partial charge in [-0.2, -0.15) is 0 Å². The van der Waals surface area contributed by atoms with Crippen LogP contribution in [0.5, 0.6) is 0 Å². The number of nitrogens with one attached hydrogen (secondary N) is 1. The fourth-order valence-corrected chi connectivity index (χ4v) is 5.03. The van der Waals surface area contributed by atoms with E-state index in [1.54, 1.807) is 11.8 Å². The Balaban J connectivity index is 1.36. The van der Waals surface area contributed by atoms with Gasteiger partial charge in [0, 0.05) is 29.2 Å². The Kier molecular flexibility index (Phi) is 6.53. The number of imidazole rings is 1. The molecular formula is C24H24N4OS2. The average molecular weight is 449 g/mol. The molecule has 158 valence electrons. The highest BCUT2D eigenvalue weighted by atomic mass is 32.2. The molecule has 0 aliphatic carbocycles. The number of carbonyl (C=O) groups excluding carboxylic acids is 1. The van der Waals surface area contributed by atoms with Crippen LogP contribution in [0.1, 0.15) is 27.4 Å². The summed E-state index contributed by atoms with van der Waals surface area (Å²) >= 11 is 3.17. The van der Waals surface area contributed by atoms with Gasteiger partial charge in [-0.3, -0.25) is 9.36 Å². The third-order valence-electron chi connectivity index (χ3n) is 4.81. The van der Waals surface area contributed by atoms with Crippen LogP contribution in [0.15, 0.2) is 65.4 Å². The van der Waals surface area contributed by atoms with E-state index in [4.69, 9.17) is 0 Å². The van der Waals surface area contributed by atoms with Crippen LogP contribution in [-0.2, 0) is 17.0 Å². The number of benzene rings is 2. The predicted molar refractivity (Wildman–Crippen MR) is 128 cm³/mol. The van der Waals surface area contributed by atoms with E-state index in [1.165, 1.54) is 28.0 Å². The summed E-state index contributed by atoms with van der Waals surface area (Å²) in [5.74, 6) is 0.653. The van der Waals surface area contributed by atoms with Gasteiger partial charge < -0.3 is 5.32 Å². The maximum absolute atomic E-state index is 12.3. The first-order chi connectivity index (χ1) is 15.0. The van der Waals surface area contributed by atoms with E-state index >= 15 is 0 Å². The number of hydrogen-bond acceptors (Lipinski definition) is 5. The van der Waals surface area contributed by atoms with Crippen LogP contribution in [0.2, 0.25) is 0 Å². The number of carbonyl (C=O) groups is 1. The maximum atomic E-state index is 12.3. The van der Waals surface area contributed by atoms with Crippen molar-refractivity contribution in [2.45, 2.75) is 38.1 Å². The molecule has 0 saturated carbocycles. The fraction of sp³-hybridized carbons (Fsp3) is 0.208. The minimum Gasteiger partial charge on any atom is -0.326 e. The molecule has 0 aliphatic heterocycles. The van der Waals surface area contributed by atoms with Crippen molar-refractivity contribution in [1.29, 1.82) is 0 Å². The molecule has 1 N–H and O–H groups in total. The van der Waals surface area contributed by atoms with E-state index in [-0.39, 0.29) is 12.3 Å². The lowest BCUT2D eigenvalue weighted by Crippen LogP contribution is -2.14. The lowest BCUT2D eigenvalue weighted by molar-refractivity contribution is -0.115. The van der Waals surface area contributed by atoms with Gasteiger partial charge >= 0.3 is 0 Å². The molecule has 4 aromatic rings. The molecule has 0 unspecified atom stereocenters. The van der Waals surface area contributed by atoms with Crippen LogP contribution in [0.4, 0.5) is 5.69 Å². The van der Waals surface area contributed by atoms with Crippen molar-refractivity contribution < 1.29 is 4.79 Å². The Morgan fingerprint density at radius 2 is 1.87 bits per heavy atom. The van der Waals surface area contributed by atoms with Gasteiger partial charge in [-0.1, -0.05) is 47.2 Å². The molecule has 7 heteroatoms. The largest absolute Gasteiger partial charge is 0.326 e. The normalized spacial score (nSPS) is 10.9. The van der Waals surface area contributed by atoms with E-state index in [0.29, 0.717) is 5.75 Å². The monoisotopic (exact) mass is 448 g/mol. The van der Waals surface area contributed by atoms with Crippen molar-refractivity contribution in [2.24, 2.45) is 0 Å². The molecule has 0 saturated heterocycles. The van der Waals surface area contributed by atoms with Gasteiger partial charge in [0.05, 0.1) is 17.8 Å². The fourth-order valence-electron chi connectivity index (χ4n) is 3.27. The number of thiazole rings is 1. The van der Waals surface area contributed by atoms with Crippen molar-refractivity contribution in [3.63, 3.8) is 0 Å². The lowest BCUT2D eigenvalue weighted by atomic mass is 10.1. The molecule has 0 fully saturated rings. The summed E-state index contributed by atoms with van der Waals surface area (Å²) in [6.45, 7) is 6.24. The molecule has 0 atom stereocenters. The number of hydrogen-bond donors (Lipinski definition) is 1. The zero-order valence-electron chi connectivity index (χ0n) is 17.8. The first-order valence-electron chi connectivity index (χ1n) is 10.0. The molecule has 0 bridgehead atoms. The van der Waals surface area contributed by atoms with Gasteiger partial charge in [-0.05, 0) is 44.5 Å². The minimum atomic E-state index is -0.0530. The molecular weight excluding hydrogens is 424 g/mol. The van der Waals surface area contributed by atoms with E-state index in [2.05, 4.69) is 51.9 Å². The highest BCUT2D eigenvalue weighted by Crippen LogP contribution is 2.26. The number of nitrogens with zero attached hydrogens (tertiary/aromatic N) is 3. The number of thioether (sulfide) groups is 1. The third kappa shape index (κ3) is 5.42. The lowest BCUT2D eigenvalue weighted by Gasteiger charge is -2.10. The quantitative estimate of drug-likeness (QED) is 0.367. The smallest absolute Gasteiger partial charge is 0.231 e. The summed E-state index contributed by atoms with van der Waals surface area (Å²) in [4.78, 5) is 21.5. The summed E-state index contributed by atoms with van der Waals surface area (Å²) in [6.07, 6.45) is 4.09. The van der Waals surface area contributed by atoms with Crippen LogP contribution < -0.4 is 5.32 Å². The summed E-state index contributed by atoms with van der Waals surface area (Å²) in [7, 11) is 0. The second-order valence-electron chi connectivity index (χ2n) is 7.48. The predicted octanol–water partition coefficient (Wildman–Crippen LogP) is 5.73. The van der Waals surface area contributed by atoms with Gasteiger partial charge in [0.15, 0.2) is 5.16 Å². The van der Waals surface area contributed by atoms with Crippen molar-refractivity contribution >= 4 is 34.7 Å². The zero-order valence-corrected chi connectivity index (χ0v) is 19.4. The van der Waals surface area contributed by atoms with Crippen molar-refractivity contribution in [3.8, 4) is 5.69 Å². The van der Waals surface area contributed by atoms with Gasteiger partial charge in [0.1, 0.15) is 5.01 Å². The standard InChI is InChI=1S/C24H24N4OS2/c1-16-4-7-19(8-5-16)26-22(29)13-23-27-20(14-30-23)15-31-24-25-10-11-28(24)21-9-6-17(2)12-18(21)3/h4-12,14H,13,15H2,1-3H3,(H,26,29). The molecule has 4 rings (SSSR count). The highest BCUT2D eigenvalue weighted by Gasteiger charge is 2.12. The number of aromatic nitrogens is 3. The van der Waals surface area contributed by atoms with Crippen molar-refractivity contribution in [2.75, 3.05) is 5.32 Å². The van der Waals surface area contributed by atoms with Gasteiger partial charge in [0.2, 0.25) is 5.91 Å². The van der Waals surface area contributed by atoms with Crippen LogP contribution in [0.3, 0.4) is 0 Å². The highest BCUT2D eigenvalue weighted by molar-refractivity contribution is 7.98. The minimum absolute atomic E-state index is 0.0530. The molecule has 2 aromatic heterocycles. The topological polar surface area (TPSA) is 59.8 Å². The van der Waals surface area contributed by atoms with Crippen molar-refractivity contribution in [1.82, 2.24) is 14.5 Å². The molecule has 2 heterocycles. The Hall–Kier alpha value is -2.90. The molecule has 0 spiro atoms. The number of rotatable bonds is 7. The first-order valence-corrected chi connectivity index (χ1v) is 11.9. The summed E-state index contributed by atoms with van der Waals surface area (Å²) in [6, 6.07) is 14.2. The number of aryl methyl sites for hydroxylation is 3. The summed E-state index contributed by atoms with van der Waals surface area (Å²) in [5.41, 5.74) is 6.53. The Morgan fingerprint density at radius 1 is 1.10 bits per heavy atom. The Morgan fingerprint density at radius 3 is 2.65 bits per heavy atom. The second kappa shape index (κ2) is 9.49. The Bertz CT molecular complexity index is 1190. The molecule has 1 amide bonds. The molecule has 5 nitrogen and oxygen atoms in total. The van der Waals surface area contributed by atoms with E-state index in [0.717, 1.165) is 27.2 Å². The number of amides is 1. The Labute approximate surface area is 190 Å². The van der Waals surface area contributed by atoms with Crippen LogP contribution in [0.25, 0.3) is 5.69 Å². The molecule has 31 heavy (non-hydrogen) atoms. The first kappa shape index (κ1) is 21.3. The number of anilines is 1. The summed E-state index contributed by atoms with van der Waals surface area (Å²) in [5, 5.41) is 6.69. The van der Waals surface area contributed by atoms with Gasteiger partial charge in [0.25, 0.3) is 0 Å². The van der Waals surface area contributed by atoms with Crippen LogP contribution >= 0.6 is 23.1 Å². The van der Waals surface area contributed by atoms with Crippen LogP contribution in [-0.4, -0.2) is 20.4 Å². The van der Waals surface area contributed by atoms with E-state index in [1.807, 2.05) is 49.0 Å². The third-order valence-corrected chi connectivity index (χ3v) is 6.71. The van der Waals surface area contributed by atoms with Gasteiger partial charge in [-0.15, -0.1) is 11.3 Å². The molecule has 2 aromatic carbocycles. The summed E-state index contributed by atoms with van der Waals surface area (Å²) < 4.78 is 2.11. The average Bonchev–Trinajstić information content (AvgIpc) is 3.37. The SMILES string of the molecule is Cc1ccc(NC(=O)Cc2nc(CSc3nccn3-c3ccc(C)cc3C)cs2)cc1. The van der Waals surface area contributed by atoms with Gasteiger partial charge in [-0.25, -0.2) is 9.97 Å². The zero-order chi connectivity index (χ0) is 21.8.